The monoisotopic (exact) mass is 362 g/mol. The molecule has 0 saturated carbocycles. The highest BCUT2D eigenvalue weighted by Gasteiger charge is 2.16. The molecule has 0 radical (unpaired) electrons. The second-order valence-corrected chi connectivity index (χ2v) is 5.43. The van der Waals surface area contributed by atoms with Gasteiger partial charge in [0.1, 0.15) is 0 Å². The maximum atomic E-state index is 12.0. The first-order valence-corrected chi connectivity index (χ1v) is 6.84. The van der Waals surface area contributed by atoms with Crippen molar-refractivity contribution in [1.29, 1.82) is 0 Å². The number of carbonyl (C=O) groups excluding carboxylic acids is 1. The van der Waals surface area contributed by atoms with Crippen molar-refractivity contribution in [2.45, 2.75) is 0 Å². The van der Waals surface area contributed by atoms with Gasteiger partial charge >= 0.3 is 0 Å². The fourth-order valence-corrected chi connectivity index (χ4v) is 2.34. The van der Waals surface area contributed by atoms with Crippen LogP contribution in [0.3, 0.4) is 0 Å². The van der Waals surface area contributed by atoms with E-state index in [1.165, 1.54) is 0 Å². The van der Waals surface area contributed by atoms with E-state index in [2.05, 4.69) is 37.3 Å². The summed E-state index contributed by atoms with van der Waals surface area (Å²) < 4.78 is 6.89. The Bertz CT molecular complexity index is 420. The summed E-state index contributed by atoms with van der Waals surface area (Å²) in [5, 5.41) is 1.87. The zero-order valence-corrected chi connectivity index (χ0v) is 12.3. The third kappa shape index (κ3) is 3.51. The molecule has 17 heavy (non-hydrogen) atoms. The van der Waals surface area contributed by atoms with Gasteiger partial charge in [0.2, 0.25) is 0 Å². The molecular formula is C11H12Br2N2O2. The predicted octanol–water partition coefficient (Wildman–Crippen LogP) is 2.19. The molecule has 1 aromatic rings. The Morgan fingerprint density at radius 1 is 1.29 bits per heavy atom. The Labute approximate surface area is 117 Å². The Balaban J connectivity index is 2.05. The quantitative estimate of drug-likeness (QED) is 0.875. The minimum Gasteiger partial charge on any atom is -0.379 e. The van der Waals surface area contributed by atoms with E-state index < -0.39 is 0 Å². The van der Waals surface area contributed by atoms with Crippen LogP contribution in [0, 0.1) is 0 Å². The maximum Gasteiger partial charge on any atom is 0.266 e. The van der Waals surface area contributed by atoms with Gasteiger partial charge in [0.15, 0.2) is 0 Å². The summed E-state index contributed by atoms with van der Waals surface area (Å²) >= 11 is 6.73. The number of amides is 1. The Kier molecular flexibility index (Phi) is 4.55. The minimum atomic E-state index is -0.111. The molecule has 1 aromatic carbocycles. The molecule has 1 aliphatic rings. The van der Waals surface area contributed by atoms with Crippen LogP contribution in [0.2, 0.25) is 0 Å². The summed E-state index contributed by atoms with van der Waals surface area (Å²) in [6, 6.07) is 5.52. The number of hydrogen-bond donors (Lipinski definition) is 1. The van der Waals surface area contributed by atoms with Crippen molar-refractivity contribution in [2.24, 2.45) is 0 Å². The number of nitrogens with one attached hydrogen (secondary N) is 1. The Hall–Kier alpha value is -0.430. The number of hydrogen-bond acceptors (Lipinski definition) is 3. The van der Waals surface area contributed by atoms with Crippen LogP contribution in [0.25, 0.3) is 0 Å². The van der Waals surface area contributed by atoms with E-state index in [1.54, 1.807) is 6.07 Å². The number of halogens is 2. The van der Waals surface area contributed by atoms with Gasteiger partial charge in [0, 0.05) is 22.0 Å². The summed E-state index contributed by atoms with van der Waals surface area (Å²) in [5.41, 5.74) is 3.48. The fraction of sp³-hybridized carbons (Fsp3) is 0.364. The van der Waals surface area contributed by atoms with Crippen molar-refractivity contribution >= 4 is 37.8 Å². The second-order valence-electron chi connectivity index (χ2n) is 3.66. The van der Waals surface area contributed by atoms with Gasteiger partial charge in [0.05, 0.1) is 18.8 Å². The lowest BCUT2D eigenvalue weighted by molar-refractivity contribution is 0.0126. The van der Waals surface area contributed by atoms with E-state index in [0.29, 0.717) is 18.8 Å². The summed E-state index contributed by atoms with van der Waals surface area (Å²) in [6.07, 6.45) is 0. The SMILES string of the molecule is O=C(NN1CCOCC1)c1cc(Br)ccc1Br. The molecule has 1 saturated heterocycles. The average molecular weight is 364 g/mol. The molecule has 1 heterocycles. The van der Waals surface area contributed by atoms with Gasteiger partial charge in [0.25, 0.3) is 5.91 Å². The number of morpholine rings is 1. The first-order chi connectivity index (χ1) is 8.16. The molecule has 0 aliphatic carbocycles. The highest BCUT2D eigenvalue weighted by atomic mass is 79.9. The van der Waals surface area contributed by atoms with Crippen LogP contribution in [0.15, 0.2) is 27.1 Å². The van der Waals surface area contributed by atoms with Crippen LogP contribution >= 0.6 is 31.9 Å². The lowest BCUT2D eigenvalue weighted by Crippen LogP contribution is -2.48. The van der Waals surface area contributed by atoms with Crippen molar-refractivity contribution in [1.82, 2.24) is 10.4 Å². The highest BCUT2D eigenvalue weighted by molar-refractivity contribution is 9.11. The number of carbonyl (C=O) groups is 1. The Morgan fingerprint density at radius 2 is 2.00 bits per heavy atom. The minimum absolute atomic E-state index is 0.111. The van der Waals surface area contributed by atoms with Crippen LogP contribution in [0.5, 0.6) is 0 Å². The lowest BCUT2D eigenvalue weighted by Gasteiger charge is -2.27. The molecule has 0 bridgehead atoms. The first-order valence-electron chi connectivity index (χ1n) is 5.25. The van der Waals surface area contributed by atoms with Gasteiger partial charge in [-0.25, -0.2) is 5.01 Å². The average Bonchev–Trinajstić information content (AvgIpc) is 2.33. The van der Waals surface area contributed by atoms with Crippen LogP contribution in [0.4, 0.5) is 0 Å². The molecular weight excluding hydrogens is 352 g/mol. The van der Waals surface area contributed by atoms with E-state index in [1.807, 2.05) is 17.1 Å². The molecule has 1 N–H and O–H groups in total. The predicted molar refractivity (Wildman–Crippen MR) is 71.7 cm³/mol. The summed E-state index contributed by atoms with van der Waals surface area (Å²) in [5.74, 6) is -0.111. The molecule has 1 aliphatic heterocycles. The number of benzene rings is 1. The molecule has 1 amide bonds. The Morgan fingerprint density at radius 3 is 2.71 bits per heavy atom. The van der Waals surface area contributed by atoms with Gasteiger partial charge in [-0.1, -0.05) is 15.9 Å². The van der Waals surface area contributed by atoms with Gasteiger partial charge in [-0.3, -0.25) is 10.2 Å². The first kappa shape index (κ1) is 13.0. The van der Waals surface area contributed by atoms with E-state index in [4.69, 9.17) is 4.74 Å². The highest BCUT2D eigenvalue weighted by Crippen LogP contribution is 2.21. The zero-order chi connectivity index (χ0) is 12.3. The van der Waals surface area contributed by atoms with Crippen molar-refractivity contribution in [2.75, 3.05) is 26.3 Å². The van der Waals surface area contributed by atoms with E-state index in [-0.39, 0.29) is 5.91 Å². The fourth-order valence-electron chi connectivity index (χ4n) is 1.55. The normalized spacial score (nSPS) is 16.8. The van der Waals surface area contributed by atoms with Crippen molar-refractivity contribution in [3.8, 4) is 0 Å². The van der Waals surface area contributed by atoms with Gasteiger partial charge in [-0.05, 0) is 34.1 Å². The molecule has 0 atom stereocenters. The van der Waals surface area contributed by atoms with Gasteiger partial charge < -0.3 is 4.74 Å². The second kappa shape index (κ2) is 5.95. The lowest BCUT2D eigenvalue weighted by atomic mass is 10.2. The van der Waals surface area contributed by atoms with Crippen molar-refractivity contribution < 1.29 is 9.53 Å². The van der Waals surface area contributed by atoms with Gasteiger partial charge in [-0.2, -0.15) is 0 Å². The van der Waals surface area contributed by atoms with Crippen molar-refractivity contribution in [3.05, 3.63) is 32.7 Å². The standard InChI is InChI=1S/C11H12Br2N2O2/c12-8-1-2-10(13)9(7-8)11(16)14-15-3-5-17-6-4-15/h1-2,7H,3-6H2,(H,14,16). The molecule has 4 nitrogen and oxygen atoms in total. The van der Waals surface area contributed by atoms with E-state index in [0.717, 1.165) is 22.0 Å². The molecule has 0 spiro atoms. The molecule has 0 aromatic heterocycles. The number of rotatable bonds is 2. The van der Waals surface area contributed by atoms with Gasteiger partial charge in [-0.15, -0.1) is 0 Å². The van der Waals surface area contributed by atoms with Crippen LogP contribution in [-0.2, 0) is 4.74 Å². The summed E-state index contributed by atoms with van der Waals surface area (Å²) in [6.45, 7) is 2.74. The number of nitrogens with zero attached hydrogens (tertiary/aromatic N) is 1. The largest absolute Gasteiger partial charge is 0.379 e. The third-order valence-electron chi connectivity index (χ3n) is 2.44. The van der Waals surface area contributed by atoms with Crippen molar-refractivity contribution in [3.63, 3.8) is 0 Å². The molecule has 2 rings (SSSR count). The maximum absolute atomic E-state index is 12.0. The molecule has 0 unspecified atom stereocenters. The number of ether oxygens (including phenoxy) is 1. The van der Waals surface area contributed by atoms with Crippen LogP contribution in [0.1, 0.15) is 10.4 Å². The van der Waals surface area contributed by atoms with Crippen LogP contribution < -0.4 is 5.43 Å². The smallest absolute Gasteiger partial charge is 0.266 e. The third-order valence-corrected chi connectivity index (χ3v) is 3.63. The molecule has 6 heteroatoms. The topological polar surface area (TPSA) is 41.6 Å². The number of hydrazine groups is 1. The van der Waals surface area contributed by atoms with E-state index in [9.17, 15) is 4.79 Å². The summed E-state index contributed by atoms with van der Waals surface area (Å²) in [4.78, 5) is 12.0. The van der Waals surface area contributed by atoms with E-state index >= 15 is 0 Å². The summed E-state index contributed by atoms with van der Waals surface area (Å²) in [7, 11) is 0. The molecule has 92 valence electrons. The van der Waals surface area contributed by atoms with Crippen LogP contribution in [-0.4, -0.2) is 37.2 Å². The molecule has 1 fully saturated rings. The zero-order valence-electron chi connectivity index (χ0n) is 9.08.